The number of carbonyl (C=O) groups is 1. The number of sulfone groups is 1. The summed E-state index contributed by atoms with van der Waals surface area (Å²) in [5.41, 5.74) is 0.523. The zero-order valence-electron chi connectivity index (χ0n) is 14.3. The third-order valence-corrected chi connectivity index (χ3v) is 7.03. The molecule has 140 valence electrons. The van der Waals surface area contributed by atoms with Gasteiger partial charge in [0.2, 0.25) is 0 Å². The lowest BCUT2D eigenvalue weighted by Gasteiger charge is -2.05. The molecule has 1 aromatic heterocycles. The van der Waals surface area contributed by atoms with Gasteiger partial charge in [-0.1, -0.05) is 24.3 Å². The van der Waals surface area contributed by atoms with Crippen molar-refractivity contribution in [2.45, 2.75) is 9.96 Å². The molecule has 0 atom stereocenters. The van der Waals surface area contributed by atoms with Gasteiger partial charge in [-0.3, -0.25) is 4.79 Å². The van der Waals surface area contributed by atoms with Gasteiger partial charge in [-0.25, -0.2) is 12.8 Å². The first-order valence-electron chi connectivity index (χ1n) is 7.90. The Hall–Kier alpha value is -2.71. The molecule has 0 spiro atoms. The SMILES string of the molecule is COc1ccc(CS(=O)(=O)c2ccc(NC(=O)c3ccccc3F)s2)cc1. The van der Waals surface area contributed by atoms with Gasteiger partial charge in [-0.2, -0.15) is 0 Å². The van der Waals surface area contributed by atoms with Crippen molar-refractivity contribution in [3.63, 3.8) is 0 Å². The van der Waals surface area contributed by atoms with Gasteiger partial charge >= 0.3 is 0 Å². The standard InChI is InChI=1S/C19H16FNO4S2/c1-25-14-8-6-13(7-9-14)12-27(23,24)18-11-10-17(26-18)21-19(22)15-4-2-3-5-16(15)20/h2-11H,12H2,1H3,(H,21,22). The number of anilines is 1. The summed E-state index contributed by atoms with van der Waals surface area (Å²) >= 11 is 0.929. The molecule has 0 bridgehead atoms. The van der Waals surface area contributed by atoms with E-state index in [1.807, 2.05) is 0 Å². The number of nitrogens with one attached hydrogen (secondary N) is 1. The smallest absolute Gasteiger partial charge is 0.259 e. The van der Waals surface area contributed by atoms with Crippen LogP contribution in [0, 0.1) is 5.82 Å². The zero-order valence-corrected chi connectivity index (χ0v) is 15.9. The van der Waals surface area contributed by atoms with Gasteiger partial charge in [-0.05, 0) is 42.0 Å². The highest BCUT2D eigenvalue weighted by Crippen LogP contribution is 2.29. The second-order valence-electron chi connectivity index (χ2n) is 5.66. The Morgan fingerprint density at radius 2 is 1.78 bits per heavy atom. The van der Waals surface area contributed by atoms with Crippen LogP contribution >= 0.6 is 11.3 Å². The molecule has 1 N–H and O–H groups in total. The summed E-state index contributed by atoms with van der Waals surface area (Å²) in [7, 11) is -2.03. The van der Waals surface area contributed by atoms with Crippen molar-refractivity contribution in [3.8, 4) is 5.75 Å². The summed E-state index contributed by atoms with van der Waals surface area (Å²) in [5, 5.41) is 2.86. The highest BCUT2D eigenvalue weighted by Gasteiger charge is 2.19. The van der Waals surface area contributed by atoms with Gasteiger partial charge in [-0.15, -0.1) is 11.3 Å². The quantitative estimate of drug-likeness (QED) is 0.670. The Balaban J connectivity index is 1.74. The molecule has 0 aliphatic carbocycles. The van der Waals surface area contributed by atoms with E-state index < -0.39 is 21.6 Å². The van der Waals surface area contributed by atoms with Crippen LogP contribution < -0.4 is 10.1 Å². The Bertz CT molecular complexity index is 1060. The number of halogens is 1. The number of methoxy groups -OCH3 is 1. The third-order valence-electron chi connectivity index (χ3n) is 3.76. The number of rotatable bonds is 6. The molecular formula is C19H16FNO4S2. The fourth-order valence-corrected chi connectivity index (χ4v) is 5.03. The fourth-order valence-electron chi connectivity index (χ4n) is 2.39. The van der Waals surface area contributed by atoms with Crippen LogP contribution in [0.2, 0.25) is 0 Å². The molecule has 0 aliphatic heterocycles. The molecule has 0 unspecified atom stereocenters. The number of amides is 1. The number of benzene rings is 2. The number of ether oxygens (including phenoxy) is 1. The van der Waals surface area contributed by atoms with Crippen molar-refractivity contribution in [2.24, 2.45) is 0 Å². The molecule has 2 aromatic carbocycles. The largest absolute Gasteiger partial charge is 0.497 e. The highest BCUT2D eigenvalue weighted by molar-refractivity contribution is 7.92. The predicted molar refractivity (Wildman–Crippen MR) is 103 cm³/mol. The van der Waals surface area contributed by atoms with Crippen LogP contribution in [0.15, 0.2) is 64.9 Å². The van der Waals surface area contributed by atoms with E-state index >= 15 is 0 Å². The molecule has 0 aliphatic rings. The van der Waals surface area contributed by atoms with E-state index in [-0.39, 0.29) is 15.5 Å². The van der Waals surface area contributed by atoms with Crippen molar-refractivity contribution < 1.29 is 22.3 Å². The molecule has 0 radical (unpaired) electrons. The van der Waals surface area contributed by atoms with Crippen molar-refractivity contribution in [2.75, 3.05) is 12.4 Å². The number of carbonyl (C=O) groups excluding carboxylic acids is 1. The number of hydrogen-bond acceptors (Lipinski definition) is 5. The first-order chi connectivity index (χ1) is 12.9. The Morgan fingerprint density at radius 3 is 2.44 bits per heavy atom. The third kappa shape index (κ3) is 4.53. The summed E-state index contributed by atoms with van der Waals surface area (Å²) in [4.78, 5) is 12.1. The van der Waals surface area contributed by atoms with E-state index in [9.17, 15) is 17.6 Å². The lowest BCUT2D eigenvalue weighted by Crippen LogP contribution is -2.12. The first kappa shape index (κ1) is 19.1. The fraction of sp³-hybridized carbons (Fsp3) is 0.105. The summed E-state index contributed by atoms with van der Waals surface area (Å²) in [6.07, 6.45) is 0. The summed E-state index contributed by atoms with van der Waals surface area (Å²) in [6, 6.07) is 15.3. The van der Waals surface area contributed by atoms with Gasteiger partial charge < -0.3 is 10.1 Å². The molecule has 0 saturated heterocycles. The predicted octanol–water partition coefficient (Wildman–Crippen LogP) is 4.12. The average molecular weight is 405 g/mol. The second kappa shape index (κ2) is 7.89. The lowest BCUT2D eigenvalue weighted by molar-refractivity contribution is 0.102. The normalized spacial score (nSPS) is 11.2. The van der Waals surface area contributed by atoms with Crippen LogP contribution in [0.4, 0.5) is 9.39 Å². The lowest BCUT2D eigenvalue weighted by atomic mass is 10.2. The van der Waals surface area contributed by atoms with E-state index in [0.717, 1.165) is 11.3 Å². The van der Waals surface area contributed by atoms with Gasteiger partial charge in [0, 0.05) is 0 Å². The average Bonchev–Trinajstić information content (AvgIpc) is 3.12. The monoisotopic (exact) mass is 405 g/mol. The topological polar surface area (TPSA) is 72.5 Å². The van der Waals surface area contributed by atoms with Crippen LogP contribution in [0.25, 0.3) is 0 Å². The van der Waals surface area contributed by atoms with E-state index in [4.69, 9.17) is 4.74 Å². The van der Waals surface area contributed by atoms with E-state index in [0.29, 0.717) is 16.3 Å². The Morgan fingerprint density at radius 1 is 1.07 bits per heavy atom. The maximum Gasteiger partial charge on any atom is 0.259 e. The minimum atomic E-state index is -3.57. The van der Waals surface area contributed by atoms with Gasteiger partial charge in [0.1, 0.15) is 15.8 Å². The molecule has 3 rings (SSSR count). The van der Waals surface area contributed by atoms with Crippen LogP contribution in [0.1, 0.15) is 15.9 Å². The van der Waals surface area contributed by atoms with Crippen molar-refractivity contribution in [1.82, 2.24) is 0 Å². The van der Waals surface area contributed by atoms with Crippen molar-refractivity contribution in [1.29, 1.82) is 0 Å². The minimum Gasteiger partial charge on any atom is -0.497 e. The van der Waals surface area contributed by atoms with Gasteiger partial charge in [0.15, 0.2) is 9.84 Å². The van der Waals surface area contributed by atoms with Crippen LogP contribution in [-0.4, -0.2) is 21.4 Å². The van der Waals surface area contributed by atoms with E-state index in [1.54, 1.807) is 30.3 Å². The van der Waals surface area contributed by atoms with Gasteiger partial charge in [0.05, 0.1) is 23.4 Å². The Kier molecular flexibility index (Phi) is 5.57. The highest BCUT2D eigenvalue weighted by atomic mass is 32.2. The molecule has 1 amide bonds. The molecule has 8 heteroatoms. The first-order valence-corrected chi connectivity index (χ1v) is 10.4. The Labute approximate surface area is 160 Å². The number of thiophene rings is 1. The number of hydrogen-bond donors (Lipinski definition) is 1. The summed E-state index contributed by atoms with van der Waals surface area (Å²) < 4.78 is 44.0. The van der Waals surface area contributed by atoms with Crippen LogP contribution in [0.5, 0.6) is 5.75 Å². The maximum atomic E-state index is 13.7. The molecule has 5 nitrogen and oxygen atoms in total. The maximum absolute atomic E-state index is 13.7. The zero-order chi connectivity index (χ0) is 19.4. The van der Waals surface area contributed by atoms with Crippen molar-refractivity contribution >= 4 is 32.1 Å². The van der Waals surface area contributed by atoms with E-state index in [1.165, 1.54) is 37.4 Å². The van der Waals surface area contributed by atoms with Crippen LogP contribution in [-0.2, 0) is 15.6 Å². The minimum absolute atomic E-state index is 0.103. The summed E-state index contributed by atoms with van der Waals surface area (Å²) in [6.45, 7) is 0. The molecule has 3 aromatic rings. The van der Waals surface area contributed by atoms with E-state index in [2.05, 4.69) is 5.32 Å². The molecular weight excluding hydrogens is 389 g/mol. The molecule has 27 heavy (non-hydrogen) atoms. The summed E-state index contributed by atoms with van der Waals surface area (Å²) in [5.74, 6) is -0.795. The molecule has 0 fully saturated rings. The molecule has 1 heterocycles. The van der Waals surface area contributed by atoms with Crippen molar-refractivity contribution in [3.05, 3.63) is 77.6 Å². The second-order valence-corrected chi connectivity index (χ2v) is 8.96. The molecule has 0 saturated carbocycles. The van der Waals surface area contributed by atoms with Crippen LogP contribution in [0.3, 0.4) is 0 Å². The van der Waals surface area contributed by atoms with Gasteiger partial charge in [0.25, 0.3) is 5.91 Å².